The van der Waals surface area contributed by atoms with E-state index in [1.807, 2.05) is 0 Å². The molecular weight excluding hydrogens is 427 g/mol. The van der Waals surface area contributed by atoms with Gasteiger partial charge in [0, 0.05) is 18.9 Å². The van der Waals surface area contributed by atoms with Crippen LogP contribution in [0.4, 0.5) is 10.1 Å². The number of fused-ring (bicyclic) bond motifs is 1. The van der Waals surface area contributed by atoms with Gasteiger partial charge in [0.25, 0.3) is 5.91 Å². The van der Waals surface area contributed by atoms with E-state index < -0.39 is 33.4 Å². The minimum Gasteiger partial charge on any atom is -0.488 e. The Kier molecular flexibility index (Phi) is 5.91. The van der Waals surface area contributed by atoms with Gasteiger partial charge in [0.1, 0.15) is 23.4 Å². The van der Waals surface area contributed by atoms with E-state index in [-0.39, 0.29) is 40.6 Å². The van der Waals surface area contributed by atoms with Crippen molar-refractivity contribution < 1.29 is 27.4 Å². The van der Waals surface area contributed by atoms with Crippen molar-refractivity contribution in [1.82, 2.24) is 9.29 Å². The number of rotatable bonds is 5. The molecule has 1 aliphatic rings. The first-order chi connectivity index (χ1) is 14.5. The van der Waals surface area contributed by atoms with Crippen LogP contribution in [0.3, 0.4) is 0 Å². The summed E-state index contributed by atoms with van der Waals surface area (Å²) in [6, 6.07) is 5.16. The molecule has 2 aromatic rings. The maximum atomic E-state index is 13.5. The summed E-state index contributed by atoms with van der Waals surface area (Å²) in [6.45, 7) is 4.79. The number of carbonyl (C=O) groups excluding carboxylic acids is 1. The smallest absolute Gasteiger partial charge is 0.276 e. The number of anilines is 1. The Morgan fingerprint density at radius 3 is 2.94 bits per heavy atom. The number of carbonyl (C=O) groups is 1. The highest BCUT2D eigenvalue weighted by atomic mass is 32.2. The average Bonchev–Trinajstić information content (AvgIpc) is 3.00. The minimum atomic E-state index is -4.14. The minimum absolute atomic E-state index is 0.0920. The third-order valence-electron chi connectivity index (χ3n) is 4.96. The molecule has 1 aromatic heterocycles. The van der Waals surface area contributed by atoms with Crippen molar-refractivity contribution in [3.63, 3.8) is 0 Å². The summed E-state index contributed by atoms with van der Waals surface area (Å²) in [5.74, 6) is -1.62. The van der Waals surface area contributed by atoms with Crippen LogP contribution in [-0.4, -0.2) is 42.2 Å². The number of amides is 1. The molecular formula is C20H21FN4O5S. The Hall–Kier alpha value is -3.20. The molecule has 2 atom stereocenters. The van der Waals surface area contributed by atoms with Crippen LogP contribution in [0, 0.1) is 17.1 Å². The zero-order chi connectivity index (χ0) is 23.0. The van der Waals surface area contributed by atoms with Gasteiger partial charge in [-0.1, -0.05) is 6.08 Å². The molecule has 0 fully saturated rings. The maximum absolute atomic E-state index is 13.5. The van der Waals surface area contributed by atoms with Crippen LogP contribution < -0.4 is 14.8 Å². The number of benzene rings is 1. The summed E-state index contributed by atoms with van der Waals surface area (Å²) in [7, 11) is -2.66. The second-order valence-corrected chi connectivity index (χ2v) is 9.05. The topological polar surface area (TPSA) is 133 Å². The summed E-state index contributed by atoms with van der Waals surface area (Å²) < 4.78 is 48.9. The summed E-state index contributed by atoms with van der Waals surface area (Å²) >= 11 is 0. The van der Waals surface area contributed by atoms with Gasteiger partial charge in [-0.2, -0.15) is 9.98 Å². The van der Waals surface area contributed by atoms with Crippen LogP contribution in [0.15, 0.2) is 41.9 Å². The van der Waals surface area contributed by atoms with Crippen molar-refractivity contribution >= 4 is 21.6 Å². The highest BCUT2D eigenvalue weighted by Gasteiger charge is 2.43. The Bertz CT molecular complexity index is 1200. The van der Waals surface area contributed by atoms with Crippen molar-refractivity contribution in [3.8, 4) is 11.8 Å². The number of hydrogen-bond donors (Lipinski definition) is 3. The quantitative estimate of drug-likeness (QED) is 0.596. The summed E-state index contributed by atoms with van der Waals surface area (Å²) in [4.78, 5) is 12.6. The number of nitriles is 1. The van der Waals surface area contributed by atoms with Gasteiger partial charge in [-0.3, -0.25) is 4.79 Å². The molecule has 1 aromatic carbocycles. The van der Waals surface area contributed by atoms with Crippen LogP contribution in [0.2, 0.25) is 0 Å². The number of nitrogens with zero attached hydrogens (tertiary/aromatic N) is 2. The molecule has 3 N–H and O–H groups in total. The van der Waals surface area contributed by atoms with Crippen molar-refractivity contribution in [3.05, 3.63) is 54.1 Å². The lowest BCUT2D eigenvalue weighted by Crippen LogP contribution is -2.56. The molecule has 164 valence electrons. The van der Waals surface area contributed by atoms with Crippen LogP contribution >= 0.6 is 0 Å². The first-order valence-corrected chi connectivity index (χ1v) is 10.7. The van der Waals surface area contributed by atoms with E-state index in [1.165, 1.54) is 36.9 Å². The van der Waals surface area contributed by atoms with Gasteiger partial charge in [-0.25, -0.2) is 12.8 Å². The zero-order valence-corrected chi connectivity index (χ0v) is 17.7. The van der Waals surface area contributed by atoms with Crippen molar-refractivity contribution in [1.29, 1.82) is 5.26 Å². The van der Waals surface area contributed by atoms with Gasteiger partial charge in [-0.15, -0.1) is 6.58 Å². The molecule has 0 spiro atoms. The highest BCUT2D eigenvalue weighted by molar-refractivity contribution is 7.89. The van der Waals surface area contributed by atoms with E-state index in [0.29, 0.717) is 0 Å². The monoisotopic (exact) mass is 448 g/mol. The molecule has 31 heavy (non-hydrogen) atoms. The third-order valence-corrected chi connectivity index (χ3v) is 6.57. The Labute approximate surface area is 178 Å². The van der Waals surface area contributed by atoms with E-state index >= 15 is 0 Å². The Morgan fingerprint density at radius 2 is 2.29 bits per heavy atom. The van der Waals surface area contributed by atoms with E-state index in [0.717, 1.165) is 12.1 Å². The predicted molar refractivity (Wildman–Crippen MR) is 110 cm³/mol. The van der Waals surface area contributed by atoms with Gasteiger partial charge in [0.2, 0.25) is 10.0 Å². The van der Waals surface area contributed by atoms with Crippen LogP contribution in [0.25, 0.3) is 0 Å². The lowest BCUT2D eigenvalue weighted by atomic mass is 9.94. The van der Waals surface area contributed by atoms with E-state index in [1.54, 1.807) is 6.07 Å². The van der Waals surface area contributed by atoms with E-state index in [2.05, 4.69) is 16.6 Å². The summed E-state index contributed by atoms with van der Waals surface area (Å²) in [6.07, 6.45) is 1.70. The number of aromatic nitrogens is 1. The lowest BCUT2D eigenvalue weighted by molar-refractivity contribution is 0.0542. The predicted octanol–water partition coefficient (Wildman–Crippen LogP) is 1.65. The Balaban J connectivity index is 1.98. The third kappa shape index (κ3) is 4.18. The lowest BCUT2D eigenvalue weighted by Gasteiger charge is -2.32. The van der Waals surface area contributed by atoms with Gasteiger partial charge in [0.05, 0.1) is 17.2 Å². The Morgan fingerprint density at radius 1 is 1.58 bits per heavy atom. The SMILES string of the molecule is C=CC[C@@H](O)[C@]1(C)COc2c(cn(C)c2C(=O)Nc2ccc(F)c(C#N)c2)S(=O)(=O)N1. The second-order valence-electron chi connectivity index (χ2n) is 7.39. The zero-order valence-electron chi connectivity index (χ0n) is 16.8. The average molecular weight is 448 g/mol. The van der Waals surface area contributed by atoms with Gasteiger partial charge >= 0.3 is 0 Å². The molecule has 1 amide bonds. The first-order valence-electron chi connectivity index (χ1n) is 9.18. The molecule has 9 nitrogen and oxygen atoms in total. The summed E-state index contributed by atoms with van der Waals surface area (Å²) in [5, 5.41) is 21.9. The number of aliphatic hydroxyl groups is 1. The normalized spacial score (nSPS) is 20.5. The van der Waals surface area contributed by atoms with Crippen LogP contribution in [-0.2, 0) is 17.1 Å². The van der Waals surface area contributed by atoms with Gasteiger partial charge in [0.15, 0.2) is 11.4 Å². The number of nitrogens with one attached hydrogen (secondary N) is 2. The van der Waals surface area contributed by atoms with E-state index in [9.17, 15) is 22.7 Å². The largest absolute Gasteiger partial charge is 0.488 e. The molecule has 0 saturated heterocycles. The van der Waals surface area contributed by atoms with Crippen molar-refractivity contribution in [2.24, 2.45) is 7.05 Å². The summed E-state index contributed by atoms with van der Waals surface area (Å²) in [5.41, 5.74) is -1.55. The van der Waals surface area contributed by atoms with Crippen LogP contribution in [0.5, 0.6) is 5.75 Å². The molecule has 0 saturated carbocycles. The number of halogens is 1. The van der Waals surface area contributed by atoms with Gasteiger partial charge in [-0.05, 0) is 31.5 Å². The number of ether oxygens (including phenoxy) is 1. The number of hydrogen-bond acceptors (Lipinski definition) is 6. The molecule has 0 radical (unpaired) electrons. The number of aliphatic hydroxyl groups excluding tert-OH is 1. The standard InChI is InChI=1S/C20H21FN4O5S/c1-4-5-16(26)20(2)11-30-18-15(31(28,29)24-20)10-25(3)17(18)19(27)23-13-6-7-14(21)12(8-13)9-22/h4,6-8,10,16,24,26H,1,5,11H2,2-3H3,(H,23,27)/t16-,20+/m1/s1. The van der Waals surface area contributed by atoms with E-state index in [4.69, 9.17) is 10.00 Å². The fraction of sp³-hybridized carbons (Fsp3) is 0.300. The molecule has 11 heteroatoms. The molecule has 0 bridgehead atoms. The second kappa shape index (κ2) is 8.14. The van der Waals surface area contributed by atoms with Crippen molar-refractivity contribution in [2.45, 2.75) is 29.9 Å². The van der Waals surface area contributed by atoms with Crippen molar-refractivity contribution in [2.75, 3.05) is 11.9 Å². The number of sulfonamides is 1. The highest BCUT2D eigenvalue weighted by Crippen LogP contribution is 2.35. The molecule has 3 rings (SSSR count). The van der Waals surface area contributed by atoms with Crippen LogP contribution in [0.1, 0.15) is 29.4 Å². The maximum Gasteiger partial charge on any atom is 0.276 e. The molecule has 1 aliphatic heterocycles. The number of aryl methyl sites for hydroxylation is 1. The van der Waals surface area contributed by atoms with Gasteiger partial charge < -0.3 is 19.7 Å². The molecule has 0 aliphatic carbocycles. The molecule has 2 heterocycles. The molecule has 0 unspecified atom stereocenters. The first kappa shape index (κ1) is 22.5. The fourth-order valence-corrected chi connectivity index (χ4v) is 4.86. The fourth-order valence-electron chi connectivity index (χ4n) is 3.24.